The first-order valence-corrected chi connectivity index (χ1v) is 4.92. The molecule has 0 bridgehead atoms. The Hall–Kier alpha value is -0.940. The van der Waals surface area contributed by atoms with Crippen LogP contribution in [-0.2, 0) is 11.2 Å². The van der Waals surface area contributed by atoms with Gasteiger partial charge in [0, 0.05) is 25.2 Å². The topological polar surface area (TPSA) is 76.8 Å². The van der Waals surface area contributed by atoms with Crippen molar-refractivity contribution in [3.05, 3.63) is 11.6 Å². The van der Waals surface area contributed by atoms with Crippen LogP contribution in [0.15, 0.2) is 0 Å². The van der Waals surface area contributed by atoms with Gasteiger partial charge in [0.25, 0.3) is 0 Å². The van der Waals surface area contributed by atoms with Crippen LogP contribution in [-0.4, -0.2) is 33.9 Å². The summed E-state index contributed by atoms with van der Waals surface area (Å²) in [6.07, 6.45) is 2.52. The summed E-state index contributed by atoms with van der Waals surface area (Å²) in [7, 11) is 0. The minimum absolute atomic E-state index is 0.174. The summed E-state index contributed by atoms with van der Waals surface area (Å²) in [5.74, 6) is 1.66. The van der Waals surface area contributed by atoms with Crippen molar-refractivity contribution in [1.82, 2.24) is 15.2 Å². The Kier molecular flexibility index (Phi) is 2.52. The number of rotatable bonds is 2. The van der Waals surface area contributed by atoms with Gasteiger partial charge >= 0.3 is 0 Å². The molecule has 0 unspecified atom stereocenters. The number of aromatic nitrogens is 3. The van der Waals surface area contributed by atoms with Crippen molar-refractivity contribution in [2.24, 2.45) is 5.73 Å². The first-order chi connectivity index (χ1) is 6.68. The van der Waals surface area contributed by atoms with E-state index >= 15 is 0 Å². The Morgan fingerprint density at radius 1 is 1.50 bits per heavy atom. The fourth-order valence-corrected chi connectivity index (χ4v) is 1.74. The zero-order valence-electron chi connectivity index (χ0n) is 8.42. The lowest BCUT2D eigenvalue weighted by molar-refractivity contribution is 0.0527. The van der Waals surface area contributed by atoms with E-state index in [0.717, 1.165) is 44.1 Å². The molecule has 1 fully saturated rings. The molecule has 0 radical (unpaired) electrons. The van der Waals surface area contributed by atoms with E-state index in [9.17, 15) is 0 Å². The Balaban J connectivity index is 2.01. The van der Waals surface area contributed by atoms with E-state index in [-0.39, 0.29) is 5.54 Å². The van der Waals surface area contributed by atoms with Crippen molar-refractivity contribution < 1.29 is 4.74 Å². The number of nitrogens with two attached hydrogens (primary N) is 1. The van der Waals surface area contributed by atoms with Gasteiger partial charge in [-0.25, -0.2) is 4.98 Å². The summed E-state index contributed by atoms with van der Waals surface area (Å²) in [4.78, 5) is 4.26. The summed E-state index contributed by atoms with van der Waals surface area (Å²) in [5.41, 5.74) is 6.05. The van der Waals surface area contributed by atoms with Crippen LogP contribution in [0.2, 0.25) is 0 Å². The van der Waals surface area contributed by atoms with Gasteiger partial charge in [-0.1, -0.05) is 0 Å². The average molecular weight is 196 g/mol. The van der Waals surface area contributed by atoms with Gasteiger partial charge in [-0.3, -0.25) is 5.10 Å². The van der Waals surface area contributed by atoms with Gasteiger partial charge < -0.3 is 10.5 Å². The normalized spacial score (nSPS) is 21.0. The van der Waals surface area contributed by atoms with Crippen molar-refractivity contribution in [2.75, 3.05) is 13.2 Å². The molecule has 2 heterocycles. The molecule has 0 aromatic carbocycles. The molecule has 14 heavy (non-hydrogen) atoms. The molecular formula is C9H16N4O. The Morgan fingerprint density at radius 3 is 2.79 bits per heavy atom. The maximum atomic E-state index is 6.23. The van der Waals surface area contributed by atoms with Crippen LogP contribution in [0.4, 0.5) is 0 Å². The van der Waals surface area contributed by atoms with Crippen LogP contribution in [0.1, 0.15) is 24.5 Å². The lowest BCUT2D eigenvalue weighted by Gasteiger charge is -2.32. The van der Waals surface area contributed by atoms with Crippen LogP contribution < -0.4 is 5.73 Å². The fourth-order valence-electron chi connectivity index (χ4n) is 1.74. The summed E-state index contributed by atoms with van der Waals surface area (Å²) >= 11 is 0. The highest BCUT2D eigenvalue weighted by Crippen LogP contribution is 2.20. The largest absolute Gasteiger partial charge is 0.381 e. The fraction of sp³-hybridized carbons (Fsp3) is 0.778. The second-order valence-corrected chi connectivity index (χ2v) is 3.99. The third kappa shape index (κ3) is 2.10. The van der Waals surface area contributed by atoms with Gasteiger partial charge in [0.05, 0.1) is 0 Å². The lowest BCUT2D eigenvalue weighted by atomic mass is 9.88. The molecule has 5 nitrogen and oxygen atoms in total. The van der Waals surface area contributed by atoms with Crippen LogP contribution >= 0.6 is 0 Å². The Bertz CT molecular complexity index is 304. The minimum Gasteiger partial charge on any atom is -0.381 e. The smallest absolute Gasteiger partial charge is 0.152 e. The maximum Gasteiger partial charge on any atom is 0.152 e. The quantitative estimate of drug-likeness (QED) is 0.706. The van der Waals surface area contributed by atoms with Crippen LogP contribution in [0.3, 0.4) is 0 Å². The molecule has 0 aliphatic carbocycles. The van der Waals surface area contributed by atoms with E-state index in [1.54, 1.807) is 0 Å². The van der Waals surface area contributed by atoms with Crippen LogP contribution in [0, 0.1) is 6.92 Å². The average Bonchev–Trinajstić information content (AvgIpc) is 2.51. The number of H-pyrrole nitrogens is 1. The predicted molar refractivity (Wildman–Crippen MR) is 51.8 cm³/mol. The van der Waals surface area contributed by atoms with E-state index in [4.69, 9.17) is 10.5 Å². The number of hydrogen-bond acceptors (Lipinski definition) is 4. The molecule has 1 aliphatic rings. The number of aryl methyl sites for hydroxylation is 1. The molecule has 0 saturated carbocycles. The van der Waals surface area contributed by atoms with Crippen molar-refractivity contribution in [3.63, 3.8) is 0 Å². The van der Waals surface area contributed by atoms with Crippen molar-refractivity contribution >= 4 is 0 Å². The number of nitrogens with one attached hydrogen (secondary N) is 1. The molecule has 0 amide bonds. The Morgan fingerprint density at radius 2 is 2.21 bits per heavy atom. The van der Waals surface area contributed by atoms with Crippen molar-refractivity contribution in [3.8, 4) is 0 Å². The van der Waals surface area contributed by atoms with E-state index in [1.165, 1.54) is 0 Å². The van der Waals surface area contributed by atoms with Crippen molar-refractivity contribution in [2.45, 2.75) is 31.7 Å². The highest BCUT2D eigenvalue weighted by atomic mass is 16.5. The van der Waals surface area contributed by atoms with E-state index in [1.807, 2.05) is 6.92 Å². The second-order valence-electron chi connectivity index (χ2n) is 3.99. The SMILES string of the molecule is Cc1nc(CC2(N)CCOCC2)n[nH]1. The molecule has 1 aliphatic heterocycles. The third-order valence-electron chi connectivity index (χ3n) is 2.64. The van der Waals surface area contributed by atoms with E-state index in [2.05, 4.69) is 15.2 Å². The molecule has 0 spiro atoms. The number of nitrogens with zero attached hydrogens (tertiary/aromatic N) is 2. The molecule has 5 heteroatoms. The Labute approximate surface area is 83.1 Å². The number of hydrogen-bond donors (Lipinski definition) is 2. The maximum absolute atomic E-state index is 6.23. The lowest BCUT2D eigenvalue weighted by Crippen LogP contribution is -2.47. The highest BCUT2D eigenvalue weighted by molar-refractivity contribution is 4.99. The van der Waals surface area contributed by atoms with Gasteiger partial charge in [-0.2, -0.15) is 5.10 Å². The second kappa shape index (κ2) is 3.67. The molecular weight excluding hydrogens is 180 g/mol. The standard InChI is InChI=1S/C9H16N4O/c1-7-11-8(13-12-7)6-9(10)2-4-14-5-3-9/h2-6,10H2,1H3,(H,11,12,13). The van der Waals surface area contributed by atoms with E-state index in [0.29, 0.717) is 0 Å². The van der Waals surface area contributed by atoms with Crippen LogP contribution in [0.5, 0.6) is 0 Å². The molecule has 78 valence electrons. The van der Waals surface area contributed by atoms with Gasteiger partial charge in [0.2, 0.25) is 0 Å². The van der Waals surface area contributed by atoms with Gasteiger partial charge in [-0.05, 0) is 19.8 Å². The first-order valence-electron chi connectivity index (χ1n) is 4.92. The summed E-state index contributed by atoms with van der Waals surface area (Å²) in [6.45, 7) is 3.39. The molecule has 3 N–H and O–H groups in total. The molecule has 1 aromatic rings. The molecule has 1 saturated heterocycles. The molecule has 1 aromatic heterocycles. The highest BCUT2D eigenvalue weighted by Gasteiger charge is 2.29. The summed E-state index contributed by atoms with van der Waals surface area (Å²) < 4.78 is 5.28. The van der Waals surface area contributed by atoms with E-state index < -0.39 is 0 Å². The van der Waals surface area contributed by atoms with Gasteiger partial charge in [0.15, 0.2) is 5.82 Å². The molecule has 0 atom stereocenters. The molecule has 2 rings (SSSR count). The van der Waals surface area contributed by atoms with Gasteiger partial charge in [0.1, 0.15) is 5.82 Å². The zero-order chi connectivity index (χ0) is 10.0. The predicted octanol–water partition coefficient (Wildman–Crippen LogP) is 0.164. The van der Waals surface area contributed by atoms with Crippen LogP contribution in [0.25, 0.3) is 0 Å². The summed E-state index contributed by atoms with van der Waals surface area (Å²) in [6, 6.07) is 0. The first kappa shape index (κ1) is 9.61. The monoisotopic (exact) mass is 196 g/mol. The number of ether oxygens (including phenoxy) is 1. The van der Waals surface area contributed by atoms with Gasteiger partial charge in [-0.15, -0.1) is 0 Å². The summed E-state index contributed by atoms with van der Waals surface area (Å²) in [5, 5.41) is 6.93. The number of aromatic amines is 1. The van der Waals surface area contributed by atoms with Crippen molar-refractivity contribution in [1.29, 1.82) is 0 Å². The zero-order valence-corrected chi connectivity index (χ0v) is 8.42. The minimum atomic E-state index is -0.174. The third-order valence-corrected chi connectivity index (χ3v) is 2.64.